The number of benzene rings is 1. The summed E-state index contributed by atoms with van der Waals surface area (Å²) in [7, 11) is 0. The van der Waals surface area contributed by atoms with Crippen LogP contribution in [0.2, 0.25) is 0 Å². The molecular formula is C19H27NO. The molecule has 2 rings (SSSR count). The molecule has 0 bridgehead atoms. The zero-order chi connectivity index (χ0) is 15.2. The van der Waals surface area contributed by atoms with E-state index in [-0.39, 0.29) is 6.61 Å². The third-order valence-electron chi connectivity index (χ3n) is 4.50. The Morgan fingerprint density at radius 1 is 1.29 bits per heavy atom. The Hall–Kier alpha value is -1.30. The molecule has 3 atom stereocenters. The summed E-state index contributed by atoms with van der Waals surface area (Å²) in [5.74, 6) is 7.66. The molecule has 1 fully saturated rings. The molecule has 0 spiro atoms. The van der Waals surface area contributed by atoms with Crippen molar-refractivity contribution >= 4 is 0 Å². The number of likely N-dealkylation sites (tertiary alicyclic amines) is 1. The first-order valence-corrected chi connectivity index (χ1v) is 8.03. The van der Waals surface area contributed by atoms with Crippen LogP contribution >= 0.6 is 0 Å². The number of hydrogen-bond acceptors (Lipinski definition) is 2. The third-order valence-corrected chi connectivity index (χ3v) is 4.50. The Kier molecular flexibility index (Phi) is 5.85. The number of nitrogens with zero attached hydrogens (tertiary/aromatic N) is 1. The lowest BCUT2D eigenvalue weighted by atomic mass is 9.86. The Balaban J connectivity index is 2.05. The van der Waals surface area contributed by atoms with Crippen molar-refractivity contribution in [2.75, 3.05) is 13.2 Å². The maximum atomic E-state index is 8.78. The zero-order valence-electron chi connectivity index (χ0n) is 13.5. The smallest absolute Gasteiger partial charge is 0.0540 e. The Morgan fingerprint density at radius 3 is 2.86 bits per heavy atom. The van der Waals surface area contributed by atoms with E-state index < -0.39 is 0 Å². The Morgan fingerprint density at radius 2 is 2.10 bits per heavy atom. The molecule has 1 aliphatic rings. The fourth-order valence-corrected chi connectivity index (χ4v) is 3.24. The van der Waals surface area contributed by atoms with Gasteiger partial charge in [-0.05, 0) is 42.9 Å². The summed E-state index contributed by atoms with van der Waals surface area (Å²) in [5.41, 5.74) is 2.38. The highest BCUT2D eigenvalue weighted by Crippen LogP contribution is 2.28. The Bertz CT molecular complexity index is 514. The van der Waals surface area contributed by atoms with Crippen LogP contribution in [0.4, 0.5) is 0 Å². The third kappa shape index (κ3) is 4.59. The largest absolute Gasteiger partial charge is 0.395 e. The van der Waals surface area contributed by atoms with Gasteiger partial charge in [0.05, 0.1) is 6.61 Å². The van der Waals surface area contributed by atoms with Crippen molar-refractivity contribution in [1.82, 2.24) is 4.90 Å². The monoisotopic (exact) mass is 285 g/mol. The maximum absolute atomic E-state index is 8.78. The van der Waals surface area contributed by atoms with Crippen molar-refractivity contribution in [3.8, 4) is 11.8 Å². The lowest BCUT2D eigenvalue weighted by molar-refractivity contribution is 0.0729. The molecule has 0 radical (unpaired) electrons. The molecule has 1 N–H and O–H groups in total. The van der Waals surface area contributed by atoms with E-state index in [0.29, 0.717) is 12.5 Å². The van der Waals surface area contributed by atoms with E-state index in [1.807, 2.05) is 6.07 Å². The van der Waals surface area contributed by atoms with Crippen molar-refractivity contribution in [2.24, 2.45) is 11.8 Å². The predicted octanol–water partition coefficient (Wildman–Crippen LogP) is 3.29. The highest BCUT2D eigenvalue weighted by molar-refractivity contribution is 5.37. The van der Waals surface area contributed by atoms with Crippen LogP contribution < -0.4 is 0 Å². The van der Waals surface area contributed by atoms with Crippen LogP contribution in [0.3, 0.4) is 0 Å². The van der Waals surface area contributed by atoms with Crippen LogP contribution in [0.25, 0.3) is 0 Å². The summed E-state index contributed by atoms with van der Waals surface area (Å²) in [6.07, 6.45) is 1.88. The molecule has 0 aliphatic carbocycles. The number of aliphatic hydroxyl groups is 1. The van der Waals surface area contributed by atoms with E-state index in [0.717, 1.165) is 23.9 Å². The normalized spacial score (nSPS) is 26.2. The van der Waals surface area contributed by atoms with Gasteiger partial charge in [-0.25, -0.2) is 0 Å². The molecule has 2 heteroatoms. The average Bonchev–Trinajstić information content (AvgIpc) is 2.45. The lowest BCUT2D eigenvalue weighted by Gasteiger charge is -2.41. The number of rotatable bonds is 3. The number of aliphatic hydroxyl groups excluding tert-OH is 1. The first-order chi connectivity index (χ1) is 10.1. The predicted molar refractivity (Wildman–Crippen MR) is 87.8 cm³/mol. The van der Waals surface area contributed by atoms with Crippen LogP contribution in [0.15, 0.2) is 24.3 Å². The first kappa shape index (κ1) is 16.1. The second kappa shape index (κ2) is 7.64. The van der Waals surface area contributed by atoms with Crippen molar-refractivity contribution < 1.29 is 5.11 Å². The molecule has 3 unspecified atom stereocenters. The fourth-order valence-electron chi connectivity index (χ4n) is 3.24. The minimum atomic E-state index is 0.133. The van der Waals surface area contributed by atoms with E-state index in [1.165, 1.54) is 18.5 Å². The molecule has 21 heavy (non-hydrogen) atoms. The molecule has 1 aromatic carbocycles. The van der Waals surface area contributed by atoms with E-state index in [9.17, 15) is 0 Å². The first-order valence-electron chi connectivity index (χ1n) is 8.03. The number of piperidine rings is 1. The molecule has 0 aromatic heterocycles. The molecule has 1 heterocycles. The summed E-state index contributed by atoms with van der Waals surface area (Å²) in [5, 5.41) is 8.78. The van der Waals surface area contributed by atoms with Gasteiger partial charge in [0.25, 0.3) is 0 Å². The van der Waals surface area contributed by atoms with Crippen molar-refractivity contribution in [2.45, 2.75) is 46.2 Å². The molecule has 1 saturated heterocycles. The minimum absolute atomic E-state index is 0.133. The zero-order valence-corrected chi connectivity index (χ0v) is 13.5. The molecule has 1 aliphatic heterocycles. The van der Waals surface area contributed by atoms with E-state index >= 15 is 0 Å². The van der Waals surface area contributed by atoms with Gasteiger partial charge in [0, 0.05) is 31.1 Å². The van der Waals surface area contributed by atoms with Crippen LogP contribution in [0.1, 0.15) is 44.7 Å². The minimum Gasteiger partial charge on any atom is -0.395 e. The van der Waals surface area contributed by atoms with Crippen molar-refractivity contribution in [3.05, 3.63) is 35.4 Å². The quantitative estimate of drug-likeness (QED) is 0.862. The SMILES string of the molecule is CC1CC(C)C(C)N(Cc2cccc(C#CCCO)c2)C1. The van der Waals surface area contributed by atoms with Crippen molar-refractivity contribution in [3.63, 3.8) is 0 Å². The second-order valence-electron chi connectivity index (χ2n) is 6.46. The van der Waals surface area contributed by atoms with Gasteiger partial charge in [-0.1, -0.05) is 37.8 Å². The van der Waals surface area contributed by atoms with Gasteiger partial charge in [-0.2, -0.15) is 0 Å². The highest BCUT2D eigenvalue weighted by atomic mass is 16.2. The molecule has 114 valence electrons. The van der Waals surface area contributed by atoms with Gasteiger partial charge in [0.1, 0.15) is 0 Å². The Labute approximate surface area is 129 Å². The van der Waals surface area contributed by atoms with E-state index in [2.05, 4.69) is 55.7 Å². The second-order valence-corrected chi connectivity index (χ2v) is 6.46. The summed E-state index contributed by atoms with van der Waals surface area (Å²) in [6.45, 7) is 9.39. The van der Waals surface area contributed by atoms with Gasteiger partial charge in [0.15, 0.2) is 0 Å². The summed E-state index contributed by atoms with van der Waals surface area (Å²) >= 11 is 0. The topological polar surface area (TPSA) is 23.5 Å². The highest BCUT2D eigenvalue weighted by Gasteiger charge is 2.28. The lowest BCUT2D eigenvalue weighted by Crippen LogP contribution is -2.45. The van der Waals surface area contributed by atoms with Crippen molar-refractivity contribution in [1.29, 1.82) is 0 Å². The van der Waals surface area contributed by atoms with Gasteiger partial charge >= 0.3 is 0 Å². The molecule has 2 nitrogen and oxygen atoms in total. The average molecular weight is 285 g/mol. The number of hydrogen-bond donors (Lipinski definition) is 1. The molecule has 0 amide bonds. The fraction of sp³-hybridized carbons (Fsp3) is 0.579. The van der Waals surface area contributed by atoms with Crippen LogP contribution in [0, 0.1) is 23.7 Å². The standard InChI is InChI=1S/C19H27NO/c1-15-11-16(2)17(3)20(13-15)14-19-9-6-8-18(12-19)7-4-5-10-21/h6,8-9,12,15-17,21H,5,10-11,13-14H2,1-3H3. The molecule has 1 aromatic rings. The van der Waals surface area contributed by atoms with Gasteiger partial charge in [-0.15, -0.1) is 0 Å². The molecular weight excluding hydrogens is 258 g/mol. The maximum Gasteiger partial charge on any atom is 0.0540 e. The van der Waals surface area contributed by atoms with Crippen LogP contribution in [-0.4, -0.2) is 29.2 Å². The molecule has 0 saturated carbocycles. The van der Waals surface area contributed by atoms with Gasteiger partial charge < -0.3 is 5.11 Å². The summed E-state index contributed by atoms with van der Waals surface area (Å²) in [4.78, 5) is 2.60. The van der Waals surface area contributed by atoms with Crippen LogP contribution in [0.5, 0.6) is 0 Å². The van der Waals surface area contributed by atoms with Gasteiger partial charge in [0.2, 0.25) is 0 Å². The van der Waals surface area contributed by atoms with Crippen LogP contribution in [-0.2, 0) is 6.54 Å². The van der Waals surface area contributed by atoms with E-state index in [1.54, 1.807) is 0 Å². The summed E-state index contributed by atoms with van der Waals surface area (Å²) in [6, 6.07) is 9.14. The van der Waals surface area contributed by atoms with E-state index in [4.69, 9.17) is 5.11 Å². The van der Waals surface area contributed by atoms with Gasteiger partial charge in [-0.3, -0.25) is 4.90 Å². The summed E-state index contributed by atoms with van der Waals surface area (Å²) < 4.78 is 0.